The van der Waals surface area contributed by atoms with Gasteiger partial charge in [0.1, 0.15) is 0 Å². The van der Waals surface area contributed by atoms with E-state index in [1.807, 2.05) is 34.9 Å². The Morgan fingerprint density at radius 2 is 1.96 bits per heavy atom. The van der Waals surface area contributed by atoms with Crippen LogP contribution in [0.4, 0.5) is 4.79 Å². The molecule has 4 rings (SSSR count). The van der Waals surface area contributed by atoms with Gasteiger partial charge < -0.3 is 9.64 Å². The Morgan fingerprint density at radius 3 is 2.75 bits per heavy atom. The van der Waals surface area contributed by atoms with E-state index in [9.17, 15) is 4.79 Å². The Balaban J connectivity index is 1.68. The lowest BCUT2D eigenvalue weighted by Crippen LogP contribution is -2.37. The summed E-state index contributed by atoms with van der Waals surface area (Å²) in [5.41, 5.74) is 5.56. The number of likely N-dealkylation sites (tertiary alicyclic amines) is 1. The van der Waals surface area contributed by atoms with Gasteiger partial charge in [-0.2, -0.15) is 0 Å². The smallest absolute Gasteiger partial charge is 0.409 e. The average Bonchev–Trinajstić information content (AvgIpc) is 3.08. The number of hydrogen-bond donors (Lipinski definition) is 0. The van der Waals surface area contributed by atoms with Gasteiger partial charge in [0.05, 0.1) is 10.8 Å². The highest BCUT2D eigenvalue weighted by Crippen LogP contribution is 2.49. The topological polar surface area (TPSA) is 29.5 Å². The first kappa shape index (κ1) is 15.8. The highest BCUT2D eigenvalue weighted by molar-refractivity contribution is 8.01. The van der Waals surface area contributed by atoms with Crippen molar-refractivity contribution in [2.24, 2.45) is 0 Å². The van der Waals surface area contributed by atoms with Crippen LogP contribution in [0, 0.1) is 0 Å². The fourth-order valence-corrected chi connectivity index (χ4v) is 5.53. The number of thiophene rings is 1. The normalized spacial score (nSPS) is 16.6. The van der Waals surface area contributed by atoms with Crippen LogP contribution in [0.2, 0.25) is 0 Å². The number of fused-ring (bicyclic) bond motifs is 2. The number of carbonyl (C=O) groups is 1. The number of carbonyl (C=O) groups excluding carboxylic acids is 1. The molecular weight excluding hydrogens is 338 g/mol. The van der Waals surface area contributed by atoms with Crippen LogP contribution < -0.4 is 0 Å². The lowest BCUT2D eigenvalue weighted by atomic mass is 9.89. The van der Waals surface area contributed by atoms with Gasteiger partial charge in [-0.05, 0) is 48.4 Å². The summed E-state index contributed by atoms with van der Waals surface area (Å²) in [5, 5.41) is 2.18. The van der Waals surface area contributed by atoms with E-state index in [4.69, 9.17) is 4.74 Å². The second-order valence-corrected chi connectivity index (χ2v) is 8.11. The van der Waals surface area contributed by atoms with Crippen LogP contribution in [-0.2, 0) is 4.74 Å². The van der Waals surface area contributed by atoms with Crippen LogP contribution in [-0.4, -0.2) is 30.7 Å². The summed E-state index contributed by atoms with van der Waals surface area (Å²) in [6.45, 7) is 3.77. The molecule has 2 aromatic rings. The quantitative estimate of drug-likeness (QED) is 0.594. The van der Waals surface area contributed by atoms with Crippen molar-refractivity contribution < 1.29 is 9.53 Å². The highest BCUT2D eigenvalue weighted by Gasteiger charge is 2.27. The van der Waals surface area contributed by atoms with Crippen LogP contribution in [0.5, 0.6) is 0 Å². The number of piperidine rings is 1. The second kappa shape index (κ2) is 6.65. The summed E-state index contributed by atoms with van der Waals surface area (Å²) < 4.78 is 6.51. The molecule has 1 fully saturated rings. The standard InChI is InChI=1S/C19H19NO2S2/c1-2-22-19(21)20-10-7-13(8-11-20)17-14-5-3-4-6-16(14)24-18-15(17)9-12-23-18/h3-6,9,12H,2,7-8,10-11H2,1H3. The number of benzene rings is 1. The van der Waals surface area contributed by atoms with Gasteiger partial charge in [0.2, 0.25) is 0 Å². The Labute approximate surface area is 150 Å². The van der Waals surface area contributed by atoms with E-state index in [1.165, 1.54) is 31.4 Å². The number of ether oxygens (including phenoxy) is 1. The summed E-state index contributed by atoms with van der Waals surface area (Å²) in [7, 11) is 0. The minimum atomic E-state index is -0.183. The third kappa shape index (κ3) is 2.76. The molecule has 1 aromatic carbocycles. The zero-order valence-electron chi connectivity index (χ0n) is 13.6. The van der Waals surface area contributed by atoms with Crippen molar-refractivity contribution in [2.45, 2.75) is 28.9 Å². The molecule has 1 saturated heterocycles. The average molecular weight is 358 g/mol. The van der Waals surface area contributed by atoms with E-state index in [0.717, 1.165) is 25.9 Å². The Hall–Kier alpha value is -1.72. The molecule has 124 valence electrons. The number of rotatable bonds is 1. The van der Waals surface area contributed by atoms with Crippen LogP contribution >= 0.6 is 23.1 Å². The van der Waals surface area contributed by atoms with Crippen LogP contribution in [0.15, 0.2) is 50.4 Å². The number of amides is 1. The maximum absolute atomic E-state index is 11.9. The van der Waals surface area contributed by atoms with Crippen molar-refractivity contribution in [3.8, 4) is 0 Å². The van der Waals surface area contributed by atoms with E-state index in [-0.39, 0.29) is 6.09 Å². The molecule has 0 saturated carbocycles. The Morgan fingerprint density at radius 1 is 1.17 bits per heavy atom. The van der Waals surface area contributed by atoms with Crippen LogP contribution in [0.1, 0.15) is 30.9 Å². The Bertz CT molecular complexity index is 799. The van der Waals surface area contributed by atoms with Gasteiger partial charge in [-0.1, -0.05) is 35.5 Å². The molecule has 0 spiro atoms. The molecule has 3 nitrogen and oxygen atoms in total. The summed E-state index contributed by atoms with van der Waals surface area (Å²) in [6.07, 6.45) is 1.66. The third-order valence-corrected chi connectivity index (χ3v) is 6.73. The second-order valence-electron chi connectivity index (χ2n) is 5.88. The van der Waals surface area contributed by atoms with Gasteiger partial charge in [-0.3, -0.25) is 0 Å². The first-order valence-corrected chi connectivity index (χ1v) is 9.96. The van der Waals surface area contributed by atoms with E-state index in [2.05, 4.69) is 35.7 Å². The maximum atomic E-state index is 11.9. The lowest BCUT2D eigenvalue weighted by Gasteiger charge is -2.30. The van der Waals surface area contributed by atoms with Crippen molar-refractivity contribution in [1.82, 2.24) is 4.90 Å². The molecule has 24 heavy (non-hydrogen) atoms. The van der Waals surface area contributed by atoms with E-state index >= 15 is 0 Å². The van der Waals surface area contributed by atoms with Crippen molar-refractivity contribution in [3.05, 3.63) is 52.4 Å². The molecule has 1 amide bonds. The van der Waals surface area contributed by atoms with Crippen LogP contribution in [0.25, 0.3) is 5.57 Å². The summed E-state index contributed by atoms with van der Waals surface area (Å²) in [4.78, 5) is 15.1. The van der Waals surface area contributed by atoms with Gasteiger partial charge in [0, 0.05) is 23.5 Å². The predicted octanol–water partition coefficient (Wildman–Crippen LogP) is 5.27. The fraction of sp³-hybridized carbons (Fsp3) is 0.316. The zero-order valence-corrected chi connectivity index (χ0v) is 15.2. The number of nitrogens with zero attached hydrogens (tertiary/aromatic N) is 1. The minimum absolute atomic E-state index is 0.183. The Kier molecular flexibility index (Phi) is 4.37. The first-order valence-electron chi connectivity index (χ1n) is 8.26. The summed E-state index contributed by atoms with van der Waals surface area (Å²) in [5.74, 6) is 0. The molecule has 3 heterocycles. The predicted molar refractivity (Wildman–Crippen MR) is 98.7 cm³/mol. The monoisotopic (exact) mass is 357 g/mol. The molecule has 0 radical (unpaired) electrons. The maximum Gasteiger partial charge on any atom is 0.409 e. The van der Waals surface area contributed by atoms with Crippen molar-refractivity contribution in [1.29, 1.82) is 0 Å². The molecule has 2 aliphatic rings. The first-order chi connectivity index (χ1) is 11.8. The molecule has 0 atom stereocenters. The molecule has 0 unspecified atom stereocenters. The SMILES string of the molecule is CCOC(=O)N1CCC(=C2c3ccccc3Sc3sccc32)CC1. The van der Waals surface area contributed by atoms with Gasteiger partial charge in [0.15, 0.2) is 0 Å². The van der Waals surface area contributed by atoms with E-state index < -0.39 is 0 Å². The van der Waals surface area contributed by atoms with Gasteiger partial charge in [0.25, 0.3) is 0 Å². The van der Waals surface area contributed by atoms with Gasteiger partial charge in [-0.25, -0.2) is 4.79 Å². The minimum Gasteiger partial charge on any atom is -0.450 e. The molecule has 5 heteroatoms. The zero-order chi connectivity index (χ0) is 16.5. The molecule has 0 bridgehead atoms. The van der Waals surface area contributed by atoms with E-state index in [0.29, 0.717) is 6.61 Å². The highest BCUT2D eigenvalue weighted by atomic mass is 32.2. The molecule has 0 N–H and O–H groups in total. The largest absolute Gasteiger partial charge is 0.450 e. The number of hydrogen-bond acceptors (Lipinski definition) is 4. The summed E-state index contributed by atoms with van der Waals surface area (Å²) >= 11 is 3.68. The fourth-order valence-electron chi connectivity index (χ4n) is 3.37. The lowest BCUT2D eigenvalue weighted by molar-refractivity contribution is 0.104. The van der Waals surface area contributed by atoms with Gasteiger partial charge >= 0.3 is 6.09 Å². The van der Waals surface area contributed by atoms with Crippen molar-refractivity contribution >= 4 is 34.8 Å². The van der Waals surface area contributed by atoms with Crippen molar-refractivity contribution in [3.63, 3.8) is 0 Å². The van der Waals surface area contributed by atoms with Crippen LogP contribution in [0.3, 0.4) is 0 Å². The van der Waals surface area contributed by atoms with E-state index in [1.54, 1.807) is 0 Å². The summed E-state index contributed by atoms with van der Waals surface area (Å²) in [6, 6.07) is 10.9. The van der Waals surface area contributed by atoms with Gasteiger partial charge in [-0.15, -0.1) is 11.3 Å². The molecule has 1 aromatic heterocycles. The molecular formula is C19H19NO2S2. The third-order valence-electron chi connectivity index (χ3n) is 4.50. The van der Waals surface area contributed by atoms with Crippen molar-refractivity contribution in [2.75, 3.05) is 19.7 Å². The molecule has 2 aliphatic heterocycles. The molecule has 0 aliphatic carbocycles.